The molecule has 2 atom stereocenters. The van der Waals surface area contributed by atoms with Crippen molar-refractivity contribution in [2.45, 2.75) is 45.6 Å². The fourth-order valence-corrected chi connectivity index (χ4v) is 2.93. The normalized spacial score (nSPS) is 29.9. The summed E-state index contributed by atoms with van der Waals surface area (Å²) in [7, 11) is -3.55. The molecule has 0 aliphatic heterocycles. The molecule has 0 aromatic carbocycles. The number of ether oxygens (including phenoxy) is 1. The van der Waals surface area contributed by atoms with Crippen molar-refractivity contribution in [1.29, 1.82) is 0 Å². The van der Waals surface area contributed by atoms with Crippen molar-refractivity contribution >= 4 is 16.1 Å². The third-order valence-corrected chi connectivity index (χ3v) is 3.74. The van der Waals surface area contributed by atoms with Crippen molar-refractivity contribution in [3.8, 4) is 0 Å². The van der Waals surface area contributed by atoms with Crippen LogP contribution in [-0.4, -0.2) is 33.4 Å². The summed E-state index contributed by atoms with van der Waals surface area (Å²) in [5, 5.41) is 0. The van der Waals surface area contributed by atoms with Crippen LogP contribution in [0.3, 0.4) is 0 Å². The highest BCUT2D eigenvalue weighted by Gasteiger charge is 2.46. The number of hydrogen-bond acceptors (Lipinski definition) is 5. The van der Waals surface area contributed by atoms with Crippen LogP contribution in [0.25, 0.3) is 0 Å². The van der Waals surface area contributed by atoms with Gasteiger partial charge in [0, 0.05) is 0 Å². The minimum absolute atomic E-state index is 0.292. The van der Waals surface area contributed by atoms with Gasteiger partial charge in [-0.3, -0.25) is 8.98 Å². The molecule has 1 aliphatic carbocycles. The molecule has 0 aromatic heterocycles. The third kappa shape index (κ3) is 3.67. The van der Waals surface area contributed by atoms with E-state index in [1.807, 2.05) is 0 Å². The summed E-state index contributed by atoms with van der Waals surface area (Å²) in [5.41, 5.74) is -0.850. The summed E-state index contributed by atoms with van der Waals surface area (Å²) in [6.45, 7) is 3.75. The maximum Gasteiger partial charge on any atom is 0.314 e. The quantitative estimate of drug-likeness (QED) is 0.568. The van der Waals surface area contributed by atoms with Gasteiger partial charge < -0.3 is 4.74 Å². The maximum atomic E-state index is 11.9. The van der Waals surface area contributed by atoms with Crippen LogP contribution < -0.4 is 0 Å². The van der Waals surface area contributed by atoms with Gasteiger partial charge in [0.2, 0.25) is 0 Å². The van der Waals surface area contributed by atoms with Gasteiger partial charge >= 0.3 is 5.97 Å². The van der Waals surface area contributed by atoms with Gasteiger partial charge in [-0.15, -0.1) is 0 Å². The van der Waals surface area contributed by atoms with Gasteiger partial charge in [0.05, 0.1) is 24.4 Å². The van der Waals surface area contributed by atoms with E-state index in [1.54, 1.807) is 13.8 Å². The van der Waals surface area contributed by atoms with Gasteiger partial charge in [-0.1, -0.05) is 12.8 Å². The number of rotatable bonds is 4. The molecule has 100 valence electrons. The van der Waals surface area contributed by atoms with Crippen LogP contribution in [0.15, 0.2) is 0 Å². The van der Waals surface area contributed by atoms with Gasteiger partial charge in [0.1, 0.15) is 0 Å². The number of carbonyl (C=O) groups excluding carboxylic acids is 1. The molecule has 2 unspecified atom stereocenters. The SMILES string of the molecule is CCOC(=O)C1(C)CCCCC1OS(C)(=O)=O. The van der Waals surface area contributed by atoms with E-state index in [2.05, 4.69) is 0 Å². The molecular weight excluding hydrogens is 244 g/mol. The van der Waals surface area contributed by atoms with E-state index in [9.17, 15) is 13.2 Å². The van der Waals surface area contributed by atoms with Crippen molar-refractivity contribution < 1.29 is 22.1 Å². The fraction of sp³-hybridized carbons (Fsp3) is 0.909. The fourth-order valence-electron chi connectivity index (χ4n) is 2.20. The Labute approximate surface area is 103 Å². The molecular formula is C11H20O5S. The summed E-state index contributed by atoms with van der Waals surface area (Å²) in [4.78, 5) is 11.9. The molecule has 1 saturated carbocycles. The summed E-state index contributed by atoms with van der Waals surface area (Å²) < 4.78 is 32.4. The van der Waals surface area contributed by atoms with E-state index in [1.165, 1.54) is 0 Å². The van der Waals surface area contributed by atoms with E-state index < -0.39 is 21.6 Å². The first-order valence-electron chi connectivity index (χ1n) is 5.85. The van der Waals surface area contributed by atoms with Crippen molar-refractivity contribution in [2.75, 3.05) is 12.9 Å². The van der Waals surface area contributed by atoms with Gasteiger partial charge in [-0.25, -0.2) is 0 Å². The zero-order valence-electron chi connectivity index (χ0n) is 10.6. The van der Waals surface area contributed by atoms with Crippen LogP contribution in [0.1, 0.15) is 39.5 Å². The standard InChI is InChI=1S/C11H20O5S/c1-4-15-10(12)11(2)8-6-5-7-9(11)16-17(3,13)14/h9H,4-8H2,1-3H3. The molecule has 1 fully saturated rings. The highest BCUT2D eigenvalue weighted by atomic mass is 32.2. The molecule has 0 heterocycles. The Morgan fingerprint density at radius 2 is 2.06 bits per heavy atom. The van der Waals surface area contributed by atoms with E-state index in [0.717, 1.165) is 19.1 Å². The lowest BCUT2D eigenvalue weighted by Crippen LogP contribution is -2.45. The average Bonchev–Trinajstić information content (AvgIpc) is 2.20. The Bertz CT molecular complexity index is 375. The molecule has 1 aliphatic rings. The number of esters is 1. The molecule has 5 nitrogen and oxygen atoms in total. The number of hydrogen-bond donors (Lipinski definition) is 0. The molecule has 6 heteroatoms. The molecule has 0 spiro atoms. The zero-order valence-corrected chi connectivity index (χ0v) is 11.4. The second-order valence-corrected chi connectivity index (χ2v) is 6.27. The second-order valence-electron chi connectivity index (χ2n) is 4.67. The Kier molecular flexibility index (Phi) is 4.55. The molecule has 0 amide bonds. The van der Waals surface area contributed by atoms with Gasteiger partial charge in [-0.2, -0.15) is 8.42 Å². The molecule has 0 saturated heterocycles. The van der Waals surface area contributed by atoms with Crippen LogP contribution in [0, 0.1) is 5.41 Å². The van der Waals surface area contributed by atoms with Gasteiger partial charge in [0.15, 0.2) is 0 Å². The summed E-state index contributed by atoms with van der Waals surface area (Å²) >= 11 is 0. The molecule has 0 aromatic rings. The smallest absolute Gasteiger partial charge is 0.314 e. The van der Waals surface area contributed by atoms with Crippen LogP contribution in [0.4, 0.5) is 0 Å². The predicted molar refractivity (Wildman–Crippen MR) is 62.9 cm³/mol. The second kappa shape index (κ2) is 5.35. The van der Waals surface area contributed by atoms with Crippen LogP contribution in [0.2, 0.25) is 0 Å². The molecule has 0 bridgehead atoms. The van der Waals surface area contributed by atoms with Crippen molar-refractivity contribution in [3.05, 3.63) is 0 Å². The zero-order chi connectivity index (χ0) is 13.1. The summed E-state index contributed by atoms with van der Waals surface area (Å²) in [5.74, 6) is -0.367. The minimum atomic E-state index is -3.55. The van der Waals surface area contributed by atoms with Crippen molar-refractivity contribution in [2.24, 2.45) is 5.41 Å². The Hall–Kier alpha value is -0.620. The first kappa shape index (κ1) is 14.4. The molecule has 0 N–H and O–H groups in total. The third-order valence-electron chi connectivity index (χ3n) is 3.16. The van der Waals surface area contributed by atoms with E-state index in [-0.39, 0.29) is 5.97 Å². The first-order valence-corrected chi connectivity index (χ1v) is 7.66. The molecule has 0 radical (unpaired) electrons. The lowest BCUT2D eigenvalue weighted by atomic mass is 9.73. The molecule has 1 rings (SSSR count). The number of carbonyl (C=O) groups is 1. The monoisotopic (exact) mass is 264 g/mol. The van der Waals surface area contributed by atoms with Gasteiger partial charge in [-0.05, 0) is 26.7 Å². The average molecular weight is 264 g/mol. The minimum Gasteiger partial charge on any atom is -0.465 e. The summed E-state index contributed by atoms with van der Waals surface area (Å²) in [6, 6.07) is 0. The first-order chi connectivity index (χ1) is 7.79. The van der Waals surface area contributed by atoms with Crippen molar-refractivity contribution in [3.63, 3.8) is 0 Å². The van der Waals surface area contributed by atoms with Crippen molar-refractivity contribution in [1.82, 2.24) is 0 Å². The Morgan fingerprint density at radius 1 is 1.41 bits per heavy atom. The summed E-state index contributed by atoms with van der Waals surface area (Å²) in [6.07, 6.45) is 3.33. The lowest BCUT2D eigenvalue weighted by molar-refractivity contribution is -0.162. The van der Waals surface area contributed by atoms with Crippen LogP contribution >= 0.6 is 0 Å². The van der Waals surface area contributed by atoms with E-state index in [0.29, 0.717) is 19.4 Å². The Balaban J connectivity index is 2.87. The highest BCUT2D eigenvalue weighted by Crippen LogP contribution is 2.39. The molecule has 17 heavy (non-hydrogen) atoms. The van der Waals surface area contributed by atoms with E-state index >= 15 is 0 Å². The maximum absolute atomic E-state index is 11.9. The Morgan fingerprint density at radius 3 is 2.59 bits per heavy atom. The largest absolute Gasteiger partial charge is 0.465 e. The topological polar surface area (TPSA) is 69.7 Å². The van der Waals surface area contributed by atoms with Gasteiger partial charge in [0.25, 0.3) is 10.1 Å². The van der Waals surface area contributed by atoms with Crippen LogP contribution in [-0.2, 0) is 23.8 Å². The van der Waals surface area contributed by atoms with E-state index in [4.69, 9.17) is 8.92 Å². The predicted octanol–water partition coefficient (Wildman–Crippen LogP) is 1.47. The lowest BCUT2D eigenvalue weighted by Gasteiger charge is -2.37. The highest BCUT2D eigenvalue weighted by molar-refractivity contribution is 7.86. The van der Waals surface area contributed by atoms with Crippen LogP contribution in [0.5, 0.6) is 0 Å².